The molecule has 4 rings (SSSR count). The summed E-state index contributed by atoms with van der Waals surface area (Å²) in [6, 6.07) is 12.1. The molecule has 0 spiro atoms. The molecule has 36 heavy (non-hydrogen) atoms. The fourth-order valence-electron chi connectivity index (χ4n) is 3.60. The van der Waals surface area contributed by atoms with Gasteiger partial charge < -0.3 is 10.1 Å². The first-order chi connectivity index (χ1) is 17.0. The van der Waals surface area contributed by atoms with Crippen LogP contribution in [0.4, 0.5) is 5.82 Å². The third kappa shape index (κ3) is 5.67. The first kappa shape index (κ1) is 25.6. The van der Waals surface area contributed by atoms with Gasteiger partial charge in [0, 0.05) is 11.8 Å². The number of benzene rings is 2. The topological polar surface area (TPSA) is 119 Å². The summed E-state index contributed by atoms with van der Waals surface area (Å²) in [6.45, 7) is 7.67. The Morgan fingerprint density at radius 1 is 1.06 bits per heavy atom. The van der Waals surface area contributed by atoms with E-state index in [1.54, 1.807) is 29.9 Å². The van der Waals surface area contributed by atoms with Crippen LogP contribution in [0.5, 0.6) is 5.88 Å². The minimum Gasteiger partial charge on any atom is -0.474 e. The summed E-state index contributed by atoms with van der Waals surface area (Å²) in [5.41, 5.74) is 4.05. The molecule has 1 unspecified atom stereocenters. The lowest BCUT2D eigenvalue weighted by Gasteiger charge is -2.16. The van der Waals surface area contributed by atoms with Gasteiger partial charge in [-0.1, -0.05) is 40.9 Å². The summed E-state index contributed by atoms with van der Waals surface area (Å²) in [6.07, 6.45) is 3.11. The Labute approximate surface area is 214 Å². The minimum absolute atomic E-state index is 0.171. The molecule has 1 atom stereocenters. The summed E-state index contributed by atoms with van der Waals surface area (Å²) >= 11 is 6.29. The van der Waals surface area contributed by atoms with Crippen LogP contribution >= 0.6 is 11.6 Å². The smallest absolute Gasteiger partial charge is 0.295 e. The molecule has 0 aliphatic heterocycles. The molecule has 0 fully saturated rings. The van der Waals surface area contributed by atoms with E-state index in [-0.39, 0.29) is 23.4 Å². The number of hydrogen-bond donors (Lipinski definition) is 2. The number of hydrogen-bond acceptors (Lipinski definition) is 7. The molecule has 188 valence electrons. The third-order valence-electron chi connectivity index (χ3n) is 5.50. The van der Waals surface area contributed by atoms with E-state index in [2.05, 4.69) is 20.4 Å². The Kier molecular flexibility index (Phi) is 7.30. The second-order valence-electron chi connectivity index (χ2n) is 8.58. The van der Waals surface area contributed by atoms with Gasteiger partial charge in [-0.3, -0.25) is 4.55 Å². The molecular weight excluding hydrogens is 502 g/mol. The van der Waals surface area contributed by atoms with E-state index in [9.17, 15) is 13.0 Å². The van der Waals surface area contributed by atoms with Gasteiger partial charge in [-0.15, -0.1) is 5.10 Å². The number of rotatable bonds is 8. The highest BCUT2D eigenvalue weighted by Crippen LogP contribution is 2.35. The molecule has 4 aromatic rings. The number of halogens is 1. The summed E-state index contributed by atoms with van der Waals surface area (Å²) in [4.78, 5) is 8.01. The monoisotopic (exact) mass is 527 g/mol. The van der Waals surface area contributed by atoms with E-state index in [1.165, 1.54) is 12.4 Å². The van der Waals surface area contributed by atoms with E-state index in [4.69, 9.17) is 16.3 Å². The second kappa shape index (κ2) is 10.3. The van der Waals surface area contributed by atoms with Crippen molar-refractivity contribution in [3.8, 4) is 22.7 Å². The van der Waals surface area contributed by atoms with Crippen LogP contribution in [0.15, 0.2) is 59.9 Å². The average molecular weight is 528 g/mol. The van der Waals surface area contributed by atoms with E-state index in [0.717, 1.165) is 16.8 Å². The number of aryl methyl sites for hydroxylation is 3. The van der Waals surface area contributed by atoms with Crippen LogP contribution in [-0.4, -0.2) is 45.4 Å². The molecule has 0 bridgehead atoms. The van der Waals surface area contributed by atoms with Gasteiger partial charge in [0.2, 0.25) is 5.88 Å². The van der Waals surface area contributed by atoms with Crippen LogP contribution in [0.2, 0.25) is 5.02 Å². The summed E-state index contributed by atoms with van der Waals surface area (Å²) in [5, 5.41) is 8.20. The standard InChI is InChI=1S/C25H26ClN5O4S/c1-15-5-8-19(9-6-15)31-12-21(20-11-16(2)7-10-22(20)36(32,33)34)25(30-31)35-13-17(3)29-24-23(26)18(4)27-14-28-24/h5-12,14,17H,13H2,1-4H3,(H,27,28,29)(H,32,33,34). The molecule has 0 radical (unpaired) electrons. The maximum absolute atomic E-state index is 12.1. The molecule has 0 amide bonds. The maximum Gasteiger partial charge on any atom is 0.295 e. The number of ether oxygens (including phenoxy) is 1. The zero-order chi connectivity index (χ0) is 26.0. The van der Waals surface area contributed by atoms with Crippen molar-refractivity contribution in [1.82, 2.24) is 19.7 Å². The number of nitrogens with zero attached hydrogens (tertiary/aromatic N) is 4. The van der Waals surface area contributed by atoms with Gasteiger partial charge >= 0.3 is 0 Å². The van der Waals surface area contributed by atoms with Crippen molar-refractivity contribution in [2.24, 2.45) is 0 Å². The van der Waals surface area contributed by atoms with Crippen LogP contribution in [0.3, 0.4) is 0 Å². The fourth-order valence-corrected chi connectivity index (χ4v) is 4.43. The second-order valence-corrected chi connectivity index (χ2v) is 10.3. The van der Waals surface area contributed by atoms with E-state index in [0.29, 0.717) is 27.7 Å². The molecule has 2 aromatic carbocycles. The van der Waals surface area contributed by atoms with Crippen LogP contribution in [0.25, 0.3) is 16.8 Å². The molecule has 2 heterocycles. The fraction of sp³-hybridized carbons (Fsp3) is 0.240. The van der Waals surface area contributed by atoms with Gasteiger partial charge in [0.15, 0.2) is 0 Å². The SMILES string of the molecule is Cc1ccc(-n2cc(-c3cc(C)ccc3S(=O)(=O)O)c(OCC(C)Nc3ncnc(C)c3Cl)n2)cc1. The lowest BCUT2D eigenvalue weighted by Crippen LogP contribution is -2.24. The molecular formula is C25H26ClN5O4S. The normalized spacial score (nSPS) is 12.4. The van der Waals surface area contributed by atoms with Crippen molar-refractivity contribution in [3.05, 3.63) is 76.8 Å². The minimum atomic E-state index is -4.49. The predicted molar refractivity (Wildman–Crippen MR) is 139 cm³/mol. The molecule has 11 heteroatoms. The van der Waals surface area contributed by atoms with Crippen LogP contribution in [0, 0.1) is 20.8 Å². The van der Waals surface area contributed by atoms with Gasteiger partial charge in [0.25, 0.3) is 10.1 Å². The third-order valence-corrected chi connectivity index (χ3v) is 6.86. The molecule has 0 aliphatic carbocycles. The predicted octanol–water partition coefficient (Wildman–Crippen LogP) is 5.03. The highest BCUT2D eigenvalue weighted by atomic mass is 35.5. The quantitative estimate of drug-likeness (QED) is 0.306. The lowest BCUT2D eigenvalue weighted by atomic mass is 10.1. The van der Waals surface area contributed by atoms with Crippen LogP contribution < -0.4 is 10.1 Å². The van der Waals surface area contributed by atoms with Crippen molar-refractivity contribution in [2.45, 2.75) is 38.6 Å². The summed E-state index contributed by atoms with van der Waals surface area (Å²) < 4.78 is 41.8. The van der Waals surface area contributed by atoms with Crippen LogP contribution in [0.1, 0.15) is 23.7 Å². The van der Waals surface area contributed by atoms with Gasteiger partial charge in [-0.25, -0.2) is 14.6 Å². The van der Waals surface area contributed by atoms with Gasteiger partial charge in [0.05, 0.1) is 23.0 Å². The molecule has 2 N–H and O–H groups in total. The van der Waals surface area contributed by atoms with Gasteiger partial charge in [-0.2, -0.15) is 8.42 Å². The molecule has 9 nitrogen and oxygen atoms in total. The average Bonchev–Trinajstić information content (AvgIpc) is 3.24. The van der Waals surface area contributed by atoms with Crippen molar-refractivity contribution in [1.29, 1.82) is 0 Å². The summed E-state index contributed by atoms with van der Waals surface area (Å²) in [7, 11) is -4.49. The van der Waals surface area contributed by atoms with Crippen molar-refractivity contribution < 1.29 is 17.7 Å². The zero-order valence-corrected chi connectivity index (χ0v) is 21.8. The highest BCUT2D eigenvalue weighted by Gasteiger charge is 2.23. The first-order valence-corrected chi connectivity index (χ1v) is 13.0. The van der Waals surface area contributed by atoms with E-state index in [1.807, 2.05) is 45.0 Å². The van der Waals surface area contributed by atoms with Crippen LogP contribution in [-0.2, 0) is 10.1 Å². The number of nitrogens with one attached hydrogen (secondary N) is 1. The van der Waals surface area contributed by atoms with E-state index < -0.39 is 10.1 Å². The Morgan fingerprint density at radius 3 is 2.44 bits per heavy atom. The Bertz CT molecular complexity index is 1500. The Morgan fingerprint density at radius 2 is 1.75 bits per heavy atom. The molecule has 0 aliphatic rings. The lowest BCUT2D eigenvalue weighted by molar-refractivity contribution is 0.291. The van der Waals surface area contributed by atoms with Crippen molar-refractivity contribution >= 4 is 27.5 Å². The molecule has 0 saturated heterocycles. The van der Waals surface area contributed by atoms with Gasteiger partial charge in [0.1, 0.15) is 28.7 Å². The Hall–Kier alpha value is -3.47. The highest BCUT2D eigenvalue weighted by molar-refractivity contribution is 7.86. The summed E-state index contributed by atoms with van der Waals surface area (Å²) in [5.74, 6) is 0.697. The Balaban J connectivity index is 1.71. The maximum atomic E-state index is 12.1. The zero-order valence-electron chi connectivity index (χ0n) is 20.2. The largest absolute Gasteiger partial charge is 0.474 e. The van der Waals surface area contributed by atoms with Gasteiger partial charge in [-0.05, 0) is 52.0 Å². The molecule has 2 aromatic heterocycles. The molecule has 0 saturated carbocycles. The van der Waals surface area contributed by atoms with Crippen molar-refractivity contribution in [2.75, 3.05) is 11.9 Å². The van der Waals surface area contributed by atoms with Crippen molar-refractivity contribution in [3.63, 3.8) is 0 Å². The first-order valence-electron chi connectivity index (χ1n) is 11.1. The number of anilines is 1. The number of aromatic nitrogens is 4. The van der Waals surface area contributed by atoms with E-state index >= 15 is 0 Å².